The number of halogens is 1. The van der Waals surface area contributed by atoms with Gasteiger partial charge in [0, 0.05) is 45.4 Å². The fourth-order valence-corrected chi connectivity index (χ4v) is 4.74. The zero-order valence-corrected chi connectivity index (χ0v) is 19.3. The number of pyridine rings is 2. The molecule has 1 aliphatic rings. The maximum atomic E-state index is 13.5. The van der Waals surface area contributed by atoms with Gasteiger partial charge in [0.2, 0.25) is 0 Å². The SMILES string of the molecule is COCC(c1ccc(F)cc1)N1C[C@H](C)N(c2cc(=O)n(C)c3ccc(C#N)nc23)C[C@H]1C. The molecule has 0 bridgehead atoms. The first-order chi connectivity index (χ1) is 15.8. The number of hydrogen-bond acceptors (Lipinski definition) is 6. The third kappa shape index (κ3) is 4.34. The summed E-state index contributed by atoms with van der Waals surface area (Å²) in [6.07, 6.45) is 0. The van der Waals surface area contributed by atoms with Crippen LogP contribution >= 0.6 is 0 Å². The fourth-order valence-electron chi connectivity index (χ4n) is 4.74. The van der Waals surface area contributed by atoms with Gasteiger partial charge in [0.25, 0.3) is 5.56 Å². The lowest BCUT2D eigenvalue weighted by Gasteiger charge is -2.48. The summed E-state index contributed by atoms with van der Waals surface area (Å²) < 4.78 is 20.6. The van der Waals surface area contributed by atoms with E-state index in [1.54, 1.807) is 36.9 Å². The first kappa shape index (κ1) is 22.9. The molecule has 0 saturated carbocycles. The zero-order valence-electron chi connectivity index (χ0n) is 19.3. The topological polar surface area (TPSA) is 74.4 Å². The van der Waals surface area contributed by atoms with Crippen molar-refractivity contribution < 1.29 is 9.13 Å². The molecule has 3 atom stereocenters. The second-order valence-corrected chi connectivity index (χ2v) is 8.67. The van der Waals surface area contributed by atoms with Crippen LogP contribution in [0.5, 0.6) is 0 Å². The second-order valence-electron chi connectivity index (χ2n) is 8.67. The van der Waals surface area contributed by atoms with Gasteiger partial charge in [-0.3, -0.25) is 9.69 Å². The molecule has 0 spiro atoms. The lowest BCUT2D eigenvalue weighted by Crippen LogP contribution is -2.58. The Hall–Kier alpha value is -3.28. The first-order valence-electron chi connectivity index (χ1n) is 11.0. The smallest absolute Gasteiger partial charge is 0.252 e. The number of anilines is 1. The molecule has 3 aromatic rings. The summed E-state index contributed by atoms with van der Waals surface area (Å²) in [5, 5.41) is 9.35. The average molecular weight is 450 g/mol. The quantitative estimate of drug-likeness (QED) is 0.596. The maximum Gasteiger partial charge on any atom is 0.252 e. The van der Waals surface area contributed by atoms with Crippen LogP contribution in [0.3, 0.4) is 0 Å². The highest BCUT2D eigenvalue weighted by molar-refractivity contribution is 5.89. The van der Waals surface area contributed by atoms with Gasteiger partial charge in [0.05, 0.1) is 23.9 Å². The van der Waals surface area contributed by atoms with Gasteiger partial charge in [-0.25, -0.2) is 9.37 Å². The van der Waals surface area contributed by atoms with E-state index in [-0.39, 0.29) is 29.5 Å². The number of aryl methyl sites for hydroxylation is 1. The van der Waals surface area contributed by atoms with Crippen LogP contribution in [0.2, 0.25) is 0 Å². The van der Waals surface area contributed by atoms with Crippen molar-refractivity contribution in [3.8, 4) is 6.07 Å². The van der Waals surface area contributed by atoms with Gasteiger partial charge >= 0.3 is 0 Å². The van der Waals surface area contributed by atoms with Crippen molar-refractivity contribution in [2.75, 3.05) is 31.7 Å². The van der Waals surface area contributed by atoms with Crippen molar-refractivity contribution in [1.82, 2.24) is 14.5 Å². The number of benzene rings is 1. The minimum Gasteiger partial charge on any atom is -0.383 e. The normalized spacial score (nSPS) is 20.1. The summed E-state index contributed by atoms with van der Waals surface area (Å²) in [5.74, 6) is -0.261. The lowest BCUT2D eigenvalue weighted by atomic mass is 9.99. The Morgan fingerprint density at radius 2 is 1.91 bits per heavy atom. The Morgan fingerprint density at radius 1 is 1.18 bits per heavy atom. The standard InChI is InChI=1S/C25H28FN5O2/c1-16-14-31(23(15-33-4)18-5-7-19(26)8-6-18)17(2)13-30(16)22-11-24(32)29(3)21-10-9-20(12-27)28-25(21)22/h5-11,16-17,23H,13-15H2,1-4H3/t16-,17+,23?/m0/s1. The molecule has 0 aliphatic carbocycles. The Bertz CT molecular complexity index is 1250. The minimum absolute atomic E-state index is 0.0149. The molecule has 4 rings (SSSR count). The van der Waals surface area contributed by atoms with Crippen LogP contribution in [-0.4, -0.2) is 53.3 Å². The van der Waals surface area contributed by atoms with Crippen LogP contribution in [0.25, 0.3) is 11.0 Å². The Morgan fingerprint density at radius 3 is 2.58 bits per heavy atom. The third-order valence-corrected chi connectivity index (χ3v) is 6.51. The highest BCUT2D eigenvalue weighted by Crippen LogP contribution is 2.32. The predicted molar refractivity (Wildman–Crippen MR) is 126 cm³/mol. The molecule has 0 N–H and O–H groups in total. The van der Waals surface area contributed by atoms with E-state index in [0.29, 0.717) is 29.9 Å². The van der Waals surface area contributed by atoms with Gasteiger partial charge < -0.3 is 14.2 Å². The maximum absolute atomic E-state index is 13.5. The van der Waals surface area contributed by atoms with Crippen molar-refractivity contribution in [1.29, 1.82) is 5.26 Å². The summed E-state index contributed by atoms with van der Waals surface area (Å²) in [6.45, 7) is 6.14. The van der Waals surface area contributed by atoms with Crippen LogP contribution in [0.15, 0.2) is 47.3 Å². The molecule has 1 aliphatic heterocycles. The highest BCUT2D eigenvalue weighted by atomic mass is 19.1. The highest BCUT2D eigenvalue weighted by Gasteiger charge is 2.35. The summed E-state index contributed by atoms with van der Waals surface area (Å²) >= 11 is 0. The van der Waals surface area contributed by atoms with E-state index in [2.05, 4.69) is 34.7 Å². The molecule has 0 radical (unpaired) electrons. The van der Waals surface area contributed by atoms with E-state index in [0.717, 1.165) is 17.8 Å². The van der Waals surface area contributed by atoms with Crippen LogP contribution in [0, 0.1) is 17.1 Å². The molecule has 8 heteroatoms. The number of nitriles is 1. The molecule has 3 heterocycles. The number of hydrogen-bond donors (Lipinski definition) is 0. The lowest BCUT2D eigenvalue weighted by molar-refractivity contribution is 0.0488. The molecule has 1 unspecified atom stereocenters. The van der Waals surface area contributed by atoms with Crippen LogP contribution in [0.4, 0.5) is 10.1 Å². The predicted octanol–water partition coefficient (Wildman–Crippen LogP) is 3.23. The van der Waals surface area contributed by atoms with Gasteiger partial charge in [0.15, 0.2) is 0 Å². The number of rotatable bonds is 5. The molecule has 33 heavy (non-hydrogen) atoms. The van der Waals surface area contributed by atoms with Gasteiger partial charge in [-0.15, -0.1) is 0 Å². The Kier molecular flexibility index (Phi) is 6.45. The van der Waals surface area contributed by atoms with E-state index >= 15 is 0 Å². The Labute approximate surface area is 192 Å². The van der Waals surface area contributed by atoms with E-state index in [1.807, 2.05) is 12.1 Å². The molecule has 7 nitrogen and oxygen atoms in total. The van der Waals surface area contributed by atoms with Crippen molar-refractivity contribution in [2.24, 2.45) is 7.05 Å². The monoisotopic (exact) mass is 449 g/mol. The van der Waals surface area contributed by atoms with Gasteiger partial charge in [-0.05, 0) is 43.7 Å². The third-order valence-electron chi connectivity index (χ3n) is 6.51. The van der Waals surface area contributed by atoms with E-state index in [1.165, 1.54) is 12.1 Å². The van der Waals surface area contributed by atoms with Crippen LogP contribution in [-0.2, 0) is 11.8 Å². The Balaban J connectivity index is 1.70. The van der Waals surface area contributed by atoms with Crippen molar-refractivity contribution in [2.45, 2.75) is 32.0 Å². The molecule has 0 amide bonds. The van der Waals surface area contributed by atoms with Gasteiger partial charge in [-0.2, -0.15) is 5.26 Å². The van der Waals surface area contributed by atoms with E-state index in [4.69, 9.17) is 4.74 Å². The van der Waals surface area contributed by atoms with Gasteiger partial charge in [0.1, 0.15) is 23.1 Å². The number of nitrogens with zero attached hydrogens (tertiary/aromatic N) is 5. The van der Waals surface area contributed by atoms with Crippen LogP contribution in [0.1, 0.15) is 31.1 Å². The second kappa shape index (κ2) is 9.30. The van der Waals surface area contributed by atoms with Crippen molar-refractivity contribution >= 4 is 16.7 Å². The number of ether oxygens (including phenoxy) is 1. The van der Waals surface area contributed by atoms with Crippen LogP contribution < -0.4 is 10.5 Å². The van der Waals surface area contributed by atoms with E-state index < -0.39 is 0 Å². The molecule has 172 valence electrons. The molecule has 1 saturated heterocycles. The number of aromatic nitrogens is 2. The van der Waals surface area contributed by atoms with Crippen molar-refractivity contribution in [3.63, 3.8) is 0 Å². The number of methoxy groups -OCH3 is 1. The zero-order chi connectivity index (χ0) is 23.7. The number of piperazine rings is 1. The summed E-state index contributed by atoms with van der Waals surface area (Å²) in [6, 6.07) is 13.9. The number of fused-ring (bicyclic) bond motifs is 1. The molecule has 1 aromatic carbocycles. The van der Waals surface area contributed by atoms with Gasteiger partial charge in [-0.1, -0.05) is 12.1 Å². The average Bonchev–Trinajstić information content (AvgIpc) is 2.81. The van der Waals surface area contributed by atoms with Crippen molar-refractivity contribution in [3.05, 3.63) is 69.9 Å². The summed E-state index contributed by atoms with van der Waals surface area (Å²) in [7, 11) is 3.38. The first-order valence-corrected chi connectivity index (χ1v) is 11.0. The summed E-state index contributed by atoms with van der Waals surface area (Å²) in [5.41, 5.74) is 3.30. The largest absolute Gasteiger partial charge is 0.383 e. The minimum atomic E-state index is -0.261. The summed E-state index contributed by atoms with van der Waals surface area (Å²) in [4.78, 5) is 21.8. The molecular weight excluding hydrogens is 421 g/mol. The molecule has 2 aromatic heterocycles. The molecular formula is C25H28FN5O2. The van der Waals surface area contributed by atoms with E-state index in [9.17, 15) is 14.4 Å². The fraction of sp³-hybridized carbons (Fsp3) is 0.400. The molecule has 1 fully saturated rings.